The molecule has 4 heteroatoms. The van der Waals surface area contributed by atoms with E-state index in [1.165, 1.54) is 77.0 Å². The summed E-state index contributed by atoms with van der Waals surface area (Å²) in [6.07, 6.45) is 23.1. The van der Waals surface area contributed by atoms with E-state index < -0.39 is 6.10 Å². The highest BCUT2D eigenvalue weighted by atomic mass is 16.6. The molecule has 0 aliphatic carbocycles. The molecule has 160 valence electrons. The molecule has 0 unspecified atom stereocenters. The van der Waals surface area contributed by atoms with Gasteiger partial charge in [0, 0.05) is 6.42 Å². The van der Waals surface area contributed by atoms with Crippen LogP contribution < -0.4 is 0 Å². The van der Waals surface area contributed by atoms with Crippen LogP contribution in [0.15, 0.2) is 12.2 Å². The summed E-state index contributed by atoms with van der Waals surface area (Å²) in [6, 6.07) is 0. The van der Waals surface area contributed by atoms with Gasteiger partial charge in [0.2, 0.25) is 0 Å². The maximum Gasteiger partial charge on any atom is 0.306 e. The van der Waals surface area contributed by atoms with Crippen molar-refractivity contribution in [2.75, 3.05) is 13.2 Å². The molecular weight excluding hydrogens is 340 g/mol. The summed E-state index contributed by atoms with van der Waals surface area (Å²) in [5.41, 5.74) is 0. The maximum atomic E-state index is 11.5. The summed E-state index contributed by atoms with van der Waals surface area (Å²) in [4.78, 5) is 11.5. The van der Waals surface area contributed by atoms with E-state index in [0.717, 1.165) is 19.3 Å². The lowest BCUT2D eigenvalue weighted by molar-refractivity contribution is -0.153. The normalized spacial score (nSPS) is 11.6. The molecule has 0 heterocycles. The van der Waals surface area contributed by atoms with Gasteiger partial charge in [-0.2, -0.15) is 0 Å². The zero-order valence-electron chi connectivity index (χ0n) is 17.7. The van der Waals surface area contributed by atoms with Gasteiger partial charge in [-0.1, -0.05) is 83.3 Å². The first-order valence-electron chi connectivity index (χ1n) is 11.3. The van der Waals surface area contributed by atoms with E-state index in [2.05, 4.69) is 19.1 Å². The van der Waals surface area contributed by atoms with E-state index >= 15 is 0 Å². The predicted molar refractivity (Wildman–Crippen MR) is 113 cm³/mol. The lowest BCUT2D eigenvalue weighted by atomic mass is 10.1. The quantitative estimate of drug-likeness (QED) is 0.160. The topological polar surface area (TPSA) is 66.8 Å². The van der Waals surface area contributed by atoms with Crippen LogP contribution in [0.5, 0.6) is 0 Å². The number of hydrogen-bond donors (Lipinski definition) is 2. The van der Waals surface area contributed by atoms with E-state index in [1.54, 1.807) is 0 Å². The van der Waals surface area contributed by atoms with Crippen LogP contribution in [0, 0.1) is 0 Å². The standard InChI is InChI=1S/C23H44O4/c1-2-3-4-5-6-7-8-9-10-11-12-13-14-15-16-17-18-19-23(26)27-22(20-24)21-25/h9-10,22,24-25H,2-8,11-21H2,1H3/b10-9+. The number of ether oxygens (including phenoxy) is 1. The zero-order valence-corrected chi connectivity index (χ0v) is 17.7. The molecular formula is C23H44O4. The summed E-state index contributed by atoms with van der Waals surface area (Å²) >= 11 is 0. The lowest BCUT2D eigenvalue weighted by Gasteiger charge is -2.12. The Morgan fingerprint density at radius 3 is 1.67 bits per heavy atom. The van der Waals surface area contributed by atoms with E-state index in [9.17, 15) is 4.79 Å². The number of hydrogen-bond acceptors (Lipinski definition) is 4. The molecule has 27 heavy (non-hydrogen) atoms. The van der Waals surface area contributed by atoms with Crippen molar-refractivity contribution in [2.24, 2.45) is 0 Å². The summed E-state index contributed by atoms with van der Waals surface area (Å²) in [6.45, 7) is 1.62. The number of carbonyl (C=O) groups is 1. The predicted octanol–water partition coefficient (Wildman–Crippen LogP) is 5.70. The fourth-order valence-electron chi connectivity index (χ4n) is 3.07. The molecule has 0 fully saturated rings. The van der Waals surface area contributed by atoms with Crippen molar-refractivity contribution in [3.05, 3.63) is 12.2 Å². The maximum absolute atomic E-state index is 11.5. The van der Waals surface area contributed by atoms with Gasteiger partial charge < -0.3 is 14.9 Å². The lowest BCUT2D eigenvalue weighted by Crippen LogP contribution is -2.25. The van der Waals surface area contributed by atoms with Crippen LogP contribution in [0.25, 0.3) is 0 Å². The highest BCUT2D eigenvalue weighted by molar-refractivity contribution is 5.69. The minimum Gasteiger partial charge on any atom is -0.457 e. The van der Waals surface area contributed by atoms with Gasteiger partial charge in [0.25, 0.3) is 0 Å². The van der Waals surface area contributed by atoms with Crippen molar-refractivity contribution in [2.45, 2.75) is 116 Å². The van der Waals surface area contributed by atoms with Crippen LogP contribution >= 0.6 is 0 Å². The van der Waals surface area contributed by atoms with E-state index in [1.807, 2.05) is 0 Å². The van der Waals surface area contributed by atoms with Gasteiger partial charge in [0.05, 0.1) is 13.2 Å². The van der Waals surface area contributed by atoms with Gasteiger partial charge in [0.15, 0.2) is 0 Å². The van der Waals surface area contributed by atoms with Crippen molar-refractivity contribution >= 4 is 5.97 Å². The number of aliphatic hydroxyl groups excluding tert-OH is 2. The Balaban J connectivity index is 3.24. The minimum atomic E-state index is -0.766. The zero-order chi connectivity index (χ0) is 20.0. The highest BCUT2D eigenvalue weighted by Gasteiger charge is 2.11. The molecule has 4 nitrogen and oxygen atoms in total. The Labute approximate surface area is 167 Å². The molecule has 0 spiro atoms. The first kappa shape index (κ1) is 26.1. The largest absolute Gasteiger partial charge is 0.457 e. The molecule has 0 saturated carbocycles. The summed E-state index contributed by atoms with van der Waals surface area (Å²) < 4.78 is 4.93. The second-order valence-electron chi connectivity index (χ2n) is 7.52. The number of rotatable bonds is 20. The monoisotopic (exact) mass is 384 g/mol. The van der Waals surface area contributed by atoms with Crippen molar-refractivity contribution in [3.8, 4) is 0 Å². The molecule has 0 rings (SSSR count). The van der Waals surface area contributed by atoms with Crippen molar-refractivity contribution < 1.29 is 19.7 Å². The third-order valence-corrected chi connectivity index (χ3v) is 4.85. The van der Waals surface area contributed by atoms with Crippen LogP contribution in [0.4, 0.5) is 0 Å². The SMILES string of the molecule is CCCCCCCC/C=C/CCCCCCCCCC(=O)OC(CO)CO. The summed E-state index contributed by atoms with van der Waals surface area (Å²) in [5.74, 6) is -0.323. The smallest absolute Gasteiger partial charge is 0.306 e. The molecule has 0 aliphatic heterocycles. The molecule has 0 aromatic heterocycles. The second-order valence-corrected chi connectivity index (χ2v) is 7.52. The summed E-state index contributed by atoms with van der Waals surface area (Å²) in [7, 11) is 0. The Morgan fingerprint density at radius 2 is 1.19 bits per heavy atom. The minimum absolute atomic E-state index is 0.323. The number of esters is 1. The Hall–Kier alpha value is -0.870. The van der Waals surface area contributed by atoms with Crippen LogP contribution in [0.3, 0.4) is 0 Å². The van der Waals surface area contributed by atoms with Gasteiger partial charge in [-0.25, -0.2) is 0 Å². The molecule has 0 aliphatic rings. The fourth-order valence-corrected chi connectivity index (χ4v) is 3.07. The third-order valence-electron chi connectivity index (χ3n) is 4.85. The highest BCUT2D eigenvalue weighted by Crippen LogP contribution is 2.11. The molecule has 0 aromatic carbocycles. The van der Waals surface area contributed by atoms with Crippen molar-refractivity contribution in [1.29, 1.82) is 0 Å². The van der Waals surface area contributed by atoms with Crippen LogP contribution in [-0.2, 0) is 9.53 Å². The average molecular weight is 385 g/mol. The molecule has 0 aromatic rings. The molecule has 0 atom stereocenters. The van der Waals surface area contributed by atoms with Gasteiger partial charge >= 0.3 is 5.97 Å². The van der Waals surface area contributed by atoms with E-state index in [4.69, 9.17) is 14.9 Å². The third kappa shape index (κ3) is 19.7. The fraction of sp³-hybridized carbons (Fsp3) is 0.870. The molecule has 0 amide bonds. The van der Waals surface area contributed by atoms with Crippen LogP contribution in [-0.4, -0.2) is 35.5 Å². The number of allylic oxidation sites excluding steroid dienone is 2. The molecule has 0 bridgehead atoms. The van der Waals surface area contributed by atoms with Gasteiger partial charge in [-0.3, -0.25) is 4.79 Å². The van der Waals surface area contributed by atoms with Crippen LogP contribution in [0.2, 0.25) is 0 Å². The number of aliphatic hydroxyl groups is 2. The van der Waals surface area contributed by atoms with Crippen LogP contribution in [0.1, 0.15) is 110 Å². The van der Waals surface area contributed by atoms with Gasteiger partial charge in [-0.05, 0) is 32.1 Å². The Bertz CT molecular complexity index is 337. The summed E-state index contributed by atoms with van der Waals surface area (Å²) in [5, 5.41) is 17.7. The molecule has 2 N–H and O–H groups in total. The second kappa shape index (κ2) is 21.4. The van der Waals surface area contributed by atoms with E-state index in [-0.39, 0.29) is 19.2 Å². The average Bonchev–Trinajstić information content (AvgIpc) is 2.68. The first-order valence-corrected chi connectivity index (χ1v) is 11.3. The first-order chi connectivity index (χ1) is 13.2. The Morgan fingerprint density at radius 1 is 0.741 bits per heavy atom. The van der Waals surface area contributed by atoms with Gasteiger partial charge in [-0.15, -0.1) is 0 Å². The van der Waals surface area contributed by atoms with Crippen molar-refractivity contribution in [1.82, 2.24) is 0 Å². The molecule has 0 saturated heterocycles. The Kier molecular flexibility index (Phi) is 20.7. The van der Waals surface area contributed by atoms with E-state index in [0.29, 0.717) is 6.42 Å². The number of carbonyl (C=O) groups excluding carboxylic acids is 1. The van der Waals surface area contributed by atoms with Crippen molar-refractivity contribution in [3.63, 3.8) is 0 Å². The molecule has 0 radical (unpaired) electrons. The number of unbranched alkanes of at least 4 members (excludes halogenated alkanes) is 13. The van der Waals surface area contributed by atoms with Gasteiger partial charge in [0.1, 0.15) is 6.10 Å².